The SMILES string of the molecule is Cl.NC1CCN(C(=O)c2cc(=O)[nH]c3ccc(Br)cc23)C1. The number of aromatic nitrogens is 1. The summed E-state index contributed by atoms with van der Waals surface area (Å²) in [6.07, 6.45) is 0.802. The average Bonchev–Trinajstić information content (AvgIpc) is 2.84. The minimum absolute atomic E-state index is 0. The lowest BCUT2D eigenvalue weighted by Crippen LogP contribution is -2.32. The lowest BCUT2D eigenvalue weighted by molar-refractivity contribution is 0.0792. The third kappa shape index (κ3) is 3.12. The van der Waals surface area contributed by atoms with Gasteiger partial charge in [-0.15, -0.1) is 12.4 Å². The van der Waals surface area contributed by atoms with E-state index in [9.17, 15) is 9.59 Å². The molecular weight excluding hydrogens is 358 g/mol. The molecule has 1 fully saturated rings. The predicted octanol–water partition coefficient (Wildman–Crippen LogP) is 1.89. The molecule has 1 aromatic carbocycles. The highest BCUT2D eigenvalue weighted by molar-refractivity contribution is 9.10. The Morgan fingerprint density at radius 3 is 2.81 bits per heavy atom. The van der Waals surface area contributed by atoms with Gasteiger partial charge in [0.15, 0.2) is 0 Å². The second-order valence-electron chi connectivity index (χ2n) is 5.04. The summed E-state index contributed by atoms with van der Waals surface area (Å²) in [6.45, 7) is 1.18. The molecule has 21 heavy (non-hydrogen) atoms. The molecule has 1 amide bonds. The first kappa shape index (κ1) is 16.0. The van der Waals surface area contributed by atoms with Gasteiger partial charge in [0, 0.05) is 40.6 Å². The quantitative estimate of drug-likeness (QED) is 0.802. The molecule has 1 atom stereocenters. The zero-order valence-electron chi connectivity index (χ0n) is 11.1. The Bertz CT molecular complexity index is 747. The first-order valence-corrected chi connectivity index (χ1v) is 7.21. The van der Waals surface area contributed by atoms with Crippen molar-refractivity contribution in [3.63, 3.8) is 0 Å². The number of H-pyrrole nitrogens is 1. The normalized spacial score (nSPS) is 17.8. The fraction of sp³-hybridized carbons (Fsp3) is 0.286. The molecule has 1 unspecified atom stereocenters. The Kier molecular flexibility index (Phi) is 4.70. The van der Waals surface area contributed by atoms with Gasteiger partial charge < -0.3 is 15.6 Å². The van der Waals surface area contributed by atoms with E-state index >= 15 is 0 Å². The van der Waals surface area contributed by atoms with E-state index in [-0.39, 0.29) is 29.9 Å². The molecule has 1 aromatic heterocycles. The average molecular weight is 373 g/mol. The molecule has 0 bridgehead atoms. The van der Waals surface area contributed by atoms with Crippen LogP contribution in [-0.4, -0.2) is 34.9 Å². The first-order chi connectivity index (χ1) is 9.54. The van der Waals surface area contributed by atoms with Crippen molar-refractivity contribution in [1.82, 2.24) is 9.88 Å². The van der Waals surface area contributed by atoms with Crippen LogP contribution in [0.2, 0.25) is 0 Å². The summed E-state index contributed by atoms with van der Waals surface area (Å²) in [5.41, 5.74) is 6.66. The zero-order valence-corrected chi connectivity index (χ0v) is 13.5. The van der Waals surface area contributed by atoms with Crippen LogP contribution in [0.5, 0.6) is 0 Å². The van der Waals surface area contributed by atoms with Crippen LogP contribution in [0.1, 0.15) is 16.8 Å². The van der Waals surface area contributed by atoms with Crippen LogP contribution in [0.4, 0.5) is 0 Å². The molecule has 1 saturated heterocycles. The van der Waals surface area contributed by atoms with Crippen molar-refractivity contribution in [1.29, 1.82) is 0 Å². The van der Waals surface area contributed by atoms with Crippen molar-refractivity contribution < 1.29 is 4.79 Å². The maximum absolute atomic E-state index is 12.6. The molecule has 2 aromatic rings. The number of fused-ring (bicyclic) bond motifs is 1. The van der Waals surface area contributed by atoms with Gasteiger partial charge in [0.2, 0.25) is 5.56 Å². The lowest BCUT2D eigenvalue weighted by atomic mass is 10.1. The van der Waals surface area contributed by atoms with Crippen LogP contribution in [-0.2, 0) is 0 Å². The van der Waals surface area contributed by atoms with Gasteiger partial charge in [-0.1, -0.05) is 15.9 Å². The molecule has 0 saturated carbocycles. The Labute approximate surface area is 136 Å². The molecule has 0 spiro atoms. The Hall–Kier alpha value is -1.37. The van der Waals surface area contributed by atoms with Gasteiger partial charge in [-0.3, -0.25) is 9.59 Å². The molecule has 2 heterocycles. The van der Waals surface area contributed by atoms with Crippen LogP contribution in [0.3, 0.4) is 0 Å². The molecule has 7 heteroatoms. The molecule has 1 aliphatic rings. The monoisotopic (exact) mass is 371 g/mol. The highest BCUT2D eigenvalue weighted by Gasteiger charge is 2.26. The number of carbonyl (C=O) groups is 1. The van der Waals surface area contributed by atoms with Crippen molar-refractivity contribution in [3.05, 3.63) is 44.7 Å². The summed E-state index contributed by atoms with van der Waals surface area (Å²) in [6, 6.07) is 6.85. The maximum Gasteiger partial charge on any atom is 0.254 e. The van der Waals surface area contributed by atoms with Gasteiger partial charge in [-0.05, 0) is 24.6 Å². The van der Waals surface area contributed by atoms with Crippen LogP contribution < -0.4 is 11.3 Å². The van der Waals surface area contributed by atoms with Crippen molar-refractivity contribution in [2.45, 2.75) is 12.5 Å². The number of amides is 1. The Morgan fingerprint density at radius 2 is 2.14 bits per heavy atom. The number of hydrogen-bond donors (Lipinski definition) is 2. The van der Waals surface area contributed by atoms with Crippen LogP contribution in [0.15, 0.2) is 33.5 Å². The summed E-state index contributed by atoms with van der Waals surface area (Å²) in [5.74, 6) is -0.132. The van der Waals surface area contributed by atoms with Crippen molar-refractivity contribution in [2.75, 3.05) is 13.1 Å². The van der Waals surface area contributed by atoms with Gasteiger partial charge >= 0.3 is 0 Å². The molecule has 3 rings (SSSR count). The standard InChI is InChI=1S/C14H14BrN3O2.ClH/c15-8-1-2-12-10(5-8)11(6-13(19)17-12)14(20)18-4-3-9(16)7-18;/h1-2,5-6,9H,3-4,7,16H2,(H,17,19);1H. The van der Waals surface area contributed by atoms with E-state index in [1.54, 1.807) is 11.0 Å². The summed E-state index contributed by atoms with van der Waals surface area (Å²) >= 11 is 3.39. The van der Waals surface area contributed by atoms with Gasteiger partial charge in [0.05, 0.1) is 5.56 Å². The summed E-state index contributed by atoms with van der Waals surface area (Å²) < 4.78 is 0.865. The number of carbonyl (C=O) groups excluding carboxylic acids is 1. The van der Waals surface area contributed by atoms with E-state index in [0.29, 0.717) is 24.2 Å². The van der Waals surface area contributed by atoms with Crippen molar-refractivity contribution >= 4 is 45.1 Å². The second kappa shape index (κ2) is 6.17. The largest absolute Gasteiger partial charge is 0.337 e. The fourth-order valence-electron chi connectivity index (χ4n) is 2.55. The van der Waals surface area contributed by atoms with E-state index in [4.69, 9.17) is 5.73 Å². The summed E-state index contributed by atoms with van der Waals surface area (Å²) in [4.78, 5) is 28.7. The highest BCUT2D eigenvalue weighted by Crippen LogP contribution is 2.22. The molecule has 112 valence electrons. The zero-order chi connectivity index (χ0) is 14.3. The number of pyridine rings is 1. The fourth-order valence-corrected chi connectivity index (χ4v) is 2.91. The van der Waals surface area contributed by atoms with E-state index in [0.717, 1.165) is 16.3 Å². The van der Waals surface area contributed by atoms with E-state index in [2.05, 4.69) is 20.9 Å². The lowest BCUT2D eigenvalue weighted by Gasteiger charge is -2.17. The molecular formula is C14H15BrClN3O2. The molecule has 1 aliphatic heterocycles. The third-order valence-electron chi connectivity index (χ3n) is 3.55. The van der Waals surface area contributed by atoms with E-state index < -0.39 is 0 Å². The number of hydrogen-bond acceptors (Lipinski definition) is 3. The predicted molar refractivity (Wildman–Crippen MR) is 88.0 cm³/mol. The van der Waals surface area contributed by atoms with Crippen LogP contribution >= 0.6 is 28.3 Å². The van der Waals surface area contributed by atoms with Gasteiger partial charge in [-0.25, -0.2) is 0 Å². The van der Waals surface area contributed by atoms with Crippen LogP contribution in [0.25, 0.3) is 10.9 Å². The minimum atomic E-state index is -0.272. The van der Waals surface area contributed by atoms with Crippen molar-refractivity contribution in [2.24, 2.45) is 5.73 Å². The van der Waals surface area contributed by atoms with Crippen LogP contribution in [0, 0.1) is 0 Å². The maximum atomic E-state index is 12.6. The Balaban J connectivity index is 0.00000161. The number of likely N-dealkylation sites (tertiary alicyclic amines) is 1. The molecule has 0 radical (unpaired) electrons. The molecule has 5 nitrogen and oxygen atoms in total. The van der Waals surface area contributed by atoms with E-state index in [1.807, 2.05) is 12.1 Å². The number of nitrogens with one attached hydrogen (secondary N) is 1. The summed E-state index contributed by atoms with van der Waals surface area (Å²) in [7, 11) is 0. The smallest absolute Gasteiger partial charge is 0.254 e. The number of nitrogens with two attached hydrogens (primary N) is 1. The Morgan fingerprint density at radius 1 is 1.38 bits per heavy atom. The highest BCUT2D eigenvalue weighted by atomic mass is 79.9. The third-order valence-corrected chi connectivity index (χ3v) is 4.04. The van der Waals surface area contributed by atoms with Gasteiger partial charge in [0.1, 0.15) is 0 Å². The number of nitrogens with zero attached hydrogens (tertiary/aromatic N) is 1. The minimum Gasteiger partial charge on any atom is -0.337 e. The van der Waals surface area contributed by atoms with Gasteiger partial charge in [0.25, 0.3) is 5.91 Å². The number of rotatable bonds is 1. The number of aromatic amines is 1. The second-order valence-corrected chi connectivity index (χ2v) is 5.95. The molecule has 0 aliphatic carbocycles. The summed E-state index contributed by atoms with van der Waals surface area (Å²) in [5, 5.41) is 0.740. The van der Waals surface area contributed by atoms with E-state index in [1.165, 1.54) is 6.07 Å². The van der Waals surface area contributed by atoms with Gasteiger partial charge in [-0.2, -0.15) is 0 Å². The number of halogens is 2. The van der Waals surface area contributed by atoms with Crippen molar-refractivity contribution in [3.8, 4) is 0 Å². The topological polar surface area (TPSA) is 79.2 Å². The molecule has 3 N–H and O–H groups in total. The first-order valence-electron chi connectivity index (χ1n) is 6.42. The number of benzene rings is 1.